The first-order chi connectivity index (χ1) is 16.8. The van der Waals surface area contributed by atoms with E-state index in [1.807, 2.05) is 25.1 Å². The molecule has 0 saturated carbocycles. The SMILES string of the molecule is C[C@@H](O)[C@H]1C(=O)N2C(C(=O)O)=C(S[C@@H]3CNC(C(=O)NCCc4ccc5c(c4)OCO5)C3)[C@H](C)[C@H]12. The smallest absolute Gasteiger partial charge is 0.353 e. The van der Waals surface area contributed by atoms with E-state index in [4.69, 9.17) is 9.47 Å². The van der Waals surface area contributed by atoms with Gasteiger partial charge in [-0.15, -0.1) is 11.8 Å². The van der Waals surface area contributed by atoms with Crippen molar-refractivity contribution in [1.82, 2.24) is 15.5 Å². The number of fused-ring (bicyclic) bond motifs is 2. The Morgan fingerprint density at radius 3 is 2.83 bits per heavy atom. The van der Waals surface area contributed by atoms with Gasteiger partial charge in [0.05, 0.1) is 24.1 Å². The molecule has 2 saturated heterocycles. The number of amides is 2. The number of β-lactam (4-membered cyclic amide) rings is 1. The lowest BCUT2D eigenvalue weighted by Gasteiger charge is -2.46. The van der Waals surface area contributed by atoms with E-state index in [9.17, 15) is 24.6 Å². The van der Waals surface area contributed by atoms with Crippen LogP contribution in [0.3, 0.4) is 0 Å². The van der Waals surface area contributed by atoms with E-state index < -0.39 is 18.0 Å². The van der Waals surface area contributed by atoms with Crippen LogP contribution >= 0.6 is 11.8 Å². The van der Waals surface area contributed by atoms with Crippen molar-refractivity contribution in [2.75, 3.05) is 19.9 Å². The van der Waals surface area contributed by atoms with Crippen LogP contribution in [0.1, 0.15) is 25.8 Å². The number of carbonyl (C=O) groups excluding carboxylic acids is 2. The minimum Gasteiger partial charge on any atom is -0.477 e. The molecule has 4 N–H and O–H groups in total. The zero-order valence-corrected chi connectivity index (χ0v) is 20.3. The van der Waals surface area contributed by atoms with Crippen LogP contribution in [0.2, 0.25) is 0 Å². The van der Waals surface area contributed by atoms with Gasteiger partial charge in [-0.25, -0.2) is 4.79 Å². The van der Waals surface area contributed by atoms with E-state index in [1.165, 1.54) is 16.7 Å². The Labute approximate surface area is 207 Å². The first kappa shape index (κ1) is 24.0. The normalized spacial score (nSPS) is 29.7. The molecule has 11 heteroatoms. The second-order valence-corrected chi connectivity index (χ2v) is 10.8. The molecule has 1 unspecified atom stereocenters. The molecule has 0 aliphatic carbocycles. The van der Waals surface area contributed by atoms with E-state index >= 15 is 0 Å². The van der Waals surface area contributed by atoms with Gasteiger partial charge in [-0.3, -0.25) is 9.59 Å². The molecule has 4 aliphatic rings. The Balaban J connectivity index is 1.16. The topological polar surface area (TPSA) is 137 Å². The van der Waals surface area contributed by atoms with Crippen molar-refractivity contribution in [2.24, 2.45) is 11.8 Å². The summed E-state index contributed by atoms with van der Waals surface area (Å²) in [6.07, 6.45) is 0.390. The largest absolute Gasteiger partial charge is 0.477 e. The average molecular weight is 504 g/mol. The Morgan fingerprint density at radius 1 is 1.31 bits per heavy atom. The van der Waals surface area contributed by atoms with Gasteiger partial charge in [-0.05, 0) is 37.5 Å². The summed E-state index contributed by atoms with van der Waals surface area (Å²) in [6, 6.07) is 5.04. The van der Waals surface area contributed by atoms with Crippen LogP contribution in [0.15, 0.2) is 28.8 Å². The zero-order chi connectivity index (χ0) is 24.9. The number of aliphatic hydroxyl groups is 1. The van der Waals surface area contributed by atoms with Crippen LogP contribution in [0.5, 0.6) is 11.5 Å². The lowest BCUT2D eigenvalue weighted by atomic mass is 9.79. The number of benzene rings is 1. The number of nitrogens with zero attached hydrogens (tertiary/aromatic N) is 1. The highest BCUT2D eigenvalue weighted by molar-refractivity contribution is 8.03. The number of aliphatic carboxylic acids is 1. The van der Waals surface area contributed by atoms with Crippen molar-refractivity contribution in [3.63, 3.8) is 0 Å². The quantitative estimate of drug-likeness (QED) is 0.378. The molecule has 6 atom stereocenters. The summed E-state index contributed by atoms with van der Waals surface area (Å²) < 4.78 is 10.7. The number of nitrogens with one attached hydrogen (secondary N) is 2. The number of carbonyl (C=O) groups is 3. The molecular formula is C24H29N3O7S. The molecule has 0 radical (unpaired) electrons. The fourth-order valence-corrected chi connectivity index (χ4v) is 6.88. The number of thioether (sulfide) groups is 1. The molecule has 4 aliphatic heterocycles. The van der Waals surface area contributed by atoms with E-state index in [0.717, 1.165) is 11.3 Å². The van der Waals surface area contributed by atoms with Crippen LogP contribution in [0, 0.1) is 11.8 Å². The molecule has 10 nitrogen and oxygen atoms in total. The lowest BCUT2D eigenvalue weighted by Crippen LogP contribution is -2.63. The van der Waals surface area contributed by atoms with Gasteiger partial charge in [0.25, 0.3) is 0 Å². The van der Waals surface area contributed by atoms with Gasteiger partial charge in [0.15, 0.2) is 11.5 Å². The molecule has 2 amide bonds. The van der Waals surface area contributed by atoms with E-state index in [-0.39, 0.29) is 47.6 Å². The number of aliphatic hydroxyl groups excluding tert-OH is 1. The molecule has 4 heterocycles. The summed E-state index contributed by atoms with van der Waals surface area (Å²) in [7, 11) is 0. The first-order valence-corrected chi connectivity index (χ1v) is 12.7. The van der Waals surface area contributed by atoms with Gasteiger partial charge in [-0.2, -0.15) is 0 Å². The maximum absolute atomic E-state index is 12.7. The summed E-state index contributed by atoms with van der Waals surface area (Å²) >= 11 is 1.43. The van der Waals surface area contributed by atoms with Crippen LogP contribution in [0.4, 0.5) is 0 Å². The fraction of sp³-hybridized carbons (Fsp3) is 0.542. The van der Waals surface area contributed by atoms with Gasteiger partial charge < -0.3 is 35.2 Å². The van der Waals surface area contributed by atoms with Crippen molar-refractivity contribution >= 4 is 29.5 Å². The maximum Gasteiger partial charge on any atom is 0.353 e. The van der Waals surface area contributed by atoms with Gasteiger partial charge in [0, 0.05) is 29.2 Å². The molecule has 35 heavy (non-hydrogen) atoms. The monoisotopic (exact) mass is 503 g/mol. The molecule has 0 spiro atoms. The Hall–Kier alpha value is -2.76. The van der Waals surface area contributed by atoms with Gasteiger partial charge in [0.2, 0.25) is 18.6 Å². The number of ether oxygens (including phenoxy) is 2. The number of rotatable bonds is 8. The van der Waals surface area contributed by atoms with E-state index in [1.54, 1.807) is 6.92 Å². The number of carboxylic acids is 1. The van der Waals surface area contributed by atoms with Crippen molar-refractivity contribution in [2.45, 2.75) is 50.1 Å². The van der Waals surface area contributed by atoms with E-state index in [0.29, 0.717) is 36.6 Å². The lowest BCUT2D eigenvalue weighted by molar-refractivity contribution is -0.163. The molecular weight excluding hydrogens is 474 g/mol. The van der Waals surface area contributed by atoms with Crippen molar-refractivity contribution in [3.05, 3.63) is 34.4 Å². The summed E-state index contributed by atoms with van der Waals surface area (Å²) in [4.78, 5) is 39.2. The van der Waals surface area contributed by atoms with Crippen molar-refractivity contribution in [1.29, 1.82) is 0 Å². The molecule has 1 aromatic rings. The van der Waals surface area contributed by atoms with Gasteiger partial charge in [0.1, 0.15) is 5.70 Å². The summed E-state index contributed by atoms with van der Waals surface area (Å²) in [6.45, 7) is 4.74. The third-order valence-corrected chi connectivity index (χ3v) is 8.67. The molecule has 0 aromatic heterocycles. The highest BCUT2D eigenvalue weighted by atomic mass is 32.2. The second-order valence-electron chi connectivity index (χ2n) is 9.44. The highest BCUT2D eigenvalue weighted by Crippen LogP contribution is 2.51. The number of carboxylic acid groups (broad SMARTS) is 1. The highest BCUT2D eigenvalue weighted by Gasteiger charge is 2.60. The van der Waals surface area contributed by atoms with E-state index in [2.05, 4.69) is 10.6 Å². The minimum atomic E-state index is -1.14. The Bertz CT molecular complexity index is 1090. The number of hydrogen-bond acceptors (Lipinski definition) is 8. The number of hydrogen-bond donors (Lipinski definition) is 4. The molecule has 2 fully saturated rings. The summed E-state index contributed by atoms with van der Waals surface area (Å²) in [5.74, 6) is -0.884. The van der Waals surface area contributed by atoms with Crippen LogP contribution < -0.4 is 20.1 Å². The molecule has 5 rings (SSSR count). The third-order valence-electron chi connectivity index (χ3n) is 7.16. The minimum absolute atomic E-state index is 0.00483. The van der Waals surface area contributed by atoms with Gasteiger partial charge in [-0.1, -0.05) is 13.0 Å². The summed E-state index contributed by atoms with van der Waals surface area (Å²) in [5.41, 5.74) is 1.06. The van der Waals surface area contributed by atoms with Crippen molar-refractivity contribution in [3.8, 4) is 11.5 Å². The van der Waals surface area contributed by atoms with Crippen LogP contribution in [-0.2, 0) is 20.8 Å². The predicted octanol–water partition coefficient (Wildman–Crippen LogP) is 0.691. The van der Waals surface area contributed by atoms with Gasteiger partial charge >= 0.3 is 5.97 Å². The summed E-state index contributed by atoms with van der Waals surface area (Å²) in [5, 5.41) is 26.0. The zero-order valence-electron chi connectivity index (χ0n) is 19.5. The van der Waals surface area contributed by atoms with Crippen molar-refractivity contribution < 1.29 is 34.1 Å². The Morgan fingerprint density at radius 2 is 2.09 bits per heavy atom. The predicted molar refractivity (Wildman–Crippen MR) is 127 cm³/mol. The molecule has 1 aromatic carbocycles. The standard InChI is InChI=1S/C24H29N3O7S/c1-11-19-18(12(2)28)23(30)27(19)20(24(31)32)21(11)35-14-8-15(26-9-14)22(29)25-6-5-13-3-4-16-17(7-13)34-10-33-16/h3-4,7,11-12,14-15,18-19,26,28H,5-6,8-10H2,1-2H3,(H,25,29)(H,31,32)/t11-,12-,14+,15?,18-,19-/m1/s1. The second kappa shape index (κ2) is 9.36. The Kier molecular flexibility index (Phi) is 6.41. The molecule has 188 valence electrons. The fourth-order valence-electron chi connectivity index (χ4n) is 5.40. The molecule has 0 bridgehead atoms. The maximum atomic E-state index is 12.7. The van der Waals surface area contributed by atoms with Crippen LogP contribution in [-0.4, -0.2) is 76.2 Å². The third kappa shape index (κ3) is 4.25. The van der Waals surface area contributed by atoms with Crippen LogP contribution in [0.25, 0.3) is 0 Å². The average Bonchev–Trinajstić information content (AvgIpc) is 3.52. The first-order valence-electron chi connectivity index (χ1n) is 11.8.